The lowest BCUT2D eigenvalue weighted by molar-refractivity contribution is -0.147. The average molecular weight is 200 g/mol. The van der Waals surface area contributed by atoms with Crippen LogP contribution in [0.15, 0.2) is 21.9 Å². The number of hydrogen-bond acceptors (Lipinski definition) is 4. The van der Waals surface area contributed by atoms with Gasteiger partial charge in [0.15, 0.2) is 6.10 Å². The van der Waals surface area contributed by atoms with Crippen molar-refractivity contribution in [2.45, 2.75) is 12.6 Å². The van der Waals surface area contributed by atoms with Crippen molar-refractivity contribution >= 4 is 5.97 Å². The predicted octanol–water partition coefficient (Wildman–Crippen LogP) is -2.02. The van der Waals surface area contributed by atoms with E-state index in [0.717, 1.165) is 16.8 Å². The summed E-state index contributed by atoms with van der Waals surface area (Å²) in [6.45, 7) is -0.398. The monoisotopic (exact) mass is 200 g/mol. The van der Waals surface area contributed by atoms with Crippen molar-refractivity contribution < 1.29 is 15.0 Å². The molecule has 0 aliphatic heterocycles. The molecule has 14 heavy (non-hydrogen) atoms. The first-order valence-electron chi connectivity index (χ1n) is 3.71. The summed E-state index contributed by atoms with van der Waals surface area (Å²) in [5.41, 5.74) is -1.33. The van der Waals surface area contributed by atoms with Gasteiger partial charge in [0.1, 0.15) is 0 Å². The number of aliphatic hydroxyl groups is 1. The fourth-order valence-electron chi connectivity index (χ4n) is 0.852. The van der Waals surface area contributed by atoms with Crippen LogP contribution in [0, 0.1) is 0 Å². The molecule has 3 N–H and O–H groups in total. The highest BCUT2D eigenvalue weighted by molar-refractivity contribution is 5.71. The number of hydrogen-bond donors (Lipinski definition) is 3. The predicted molar refractivity (Wildman–Crippen MR) is 45.0 cm³/mol. The number of nitrogens with zero attached hydrogens (tertiary/aromatic N) is 1. The second kappa shape index (κ2) is 3.88. The van der Waals surface area contributed by atoms with Crippen molar-refractivity contribution in [2.75, 3.05) is 0 Å². The van der Waals surface area contributed by atoms with E-state index >= 15 is 0 Å². The Morgan fingerprint density at radius 2 is 2.21 bits per heavy atom. The Kier molecular flexibility index (Phi) is 2.82. The van der Waals surface area contributed by atoms with Crippen LogP contribution in [0.2, 0.25) is 0 Å². The summed E-state index contributed by atoms with van der Waals surface area (Å²) in [7, 11) is 0. The van der Waals surface area contributed by atoms with Gasteiger partial charge in [0.05, 0.1) is 6.54 Å². The number of nitrogens with one attached hydrogen (secondary N) is 1. The van der Waals surface area contributed by atoms with Gasteiger partial charge in [0, 0.05) is 12.3 Å². The van der Waals surface area contributed by atoms with Crippen molar-refractivity contribution in [1.29, 1.82) is 0 Å². The van der Waals surface area contributed by atoms with Crippen molar-refractivity contribution in [3.8, 4) is 0 Å². The minimum atomic E-state index is -1.67. The van der Waals surface area contributed by atoms with Crippen LogP contribution >= 0.6 is 0 Å². The van der Waals surface area contributed by atoms with E-state index in [-0.39, 0.29) is 0 Å². The van der Waals surface area contributed by atoms with Crippen LogP contribution in [0.5, 0.6) is 0 Å². The highest BCUT2D eigenvalue weighted by Crippen LogP contribution is 1.86. The SMILES string of the molecule is O=C(O)C(O)Cn1ccc(=O)[nH]c1=O. The van der Waals surface area contributed by atoms with Gasteiger partial charge in [-0.2, -0.15) is 0 Å². The summed E-state index contributed by atoms with van der Waals surface area (Å²) >= 11 is 0. The van der Waals surface area contributed by atoms with E-state index in [0.29, 0.717) is 0 Å². The Morgan fingerprint density at radius 3 is 2.71 bits per heavy atom. The summed E-state index contributed by atoms with van der Waals surface area (Å²) in [4.78, 5) is 33.8. The highest BCUT2D eigenvalue weighted by Gasteiger charge is 2.13. The lowest BCUT2D eigenvalue weighted by Gasteiger charge is -2.06. The number of aliphatic carboxylic acids is 1. The lowest BCUT2D eigenvalue weighted by Crippen LogP contribution is -2.34. The largest absolute Gasteiger partial charge is 0.479 e. The molecule has 7 heteroatoms. The summed E-state index contributed by atoms with van der Waals surface area (Å²) in [5, 5.41) is 17.3. The Labute approximate surface area is 77.2 Å². The molecule has 0 saturated carbocycles. The van der Waals surface area contributed by atoms with Gasteiger partial charge in [0.25, 0.3) is 5.56 Å². The van der Waals surface area contributed by atoms with E-state index in [4.69, 9.17) is 10.2 Å². The van der Waals surface area contributed by atoms with Gasteiger partial charge < -0.3 is 10.2 Å². The molecule has 1 rings (SSSR count). The number of carboxylic acid groups (broad SMARTS) is 1. The Hall–Kier alpha value is -1.89. The van der Waals surface area contributed by atoms with Crippen LogP contribution in [-0.4, -0.2) is 31.8 Å². The number of aromatic amines is 1. The zero-order chi connectivity index (χ0) is 10.7. The zero-order valence-corrected chi connectivity index (χ0v) is 7.01. The van der Waals surface area contributed by atoms with E-state index < -0.39 is 29.9 Å². The maximum absolute atomic E-state index is 11.0. The molecule has 0 saturated heterocycles. The molecule has 1 heterocycles. The minimum Gasteiger partial charge on any atom is -0.479 e. The number of aliphatic hydroxyl groups excluding tert-OH is 1. The number of carbonyl (C=O) groups is 1. The third kappa shape index (κ3) is 2.30. The van der Waals surface area contributed by atoms with Gasteiger partial charge in [-0.3, -0.25) is 14.3 Å². The molecule has 0 amide bonds. The third-order valence-electron chi connectivity index (χ3n) is 1.55. The van der Waals surface area contributed by atoms with Crippen LogP contribution in [-0.2, 0) is 11.3 Å². The number of aromatic nitrogens is 2. The molecule has 76 valence electrons. The summed E-state index contributed by atoms with van der Waals surface area (Å²) in [6.07, 6.45) is -0.550. The molecular weight excluding hydrogens is 192 g/mol. The van der Waals surface area contributed by atoms with E-state index in [9.17, 15) is 14.4 Å². The fraction of sp³-hybridized carbons (Fsp3) is 0.286. The highest BCUT2D eigenvalue weighted by atomic mass is 16.4. The van der Waals surface area contributed by atoms with Crippen molar-refractivity contribution in [1.82, 2.24) is 9.55 Å². The van der Waals surface area contributed by atoms with Gasteiger partial charge in [-0.05, 0) is 0 Å². The maximum atomic E-state index is 11.0. The summed E-state index contributed by atoms with van der Waals surface area (Å²) < 4.78 is 0.903. The van der Waals surface area contributed by atoms with Gasteiger partial charge in [-0.1, -0.05) is 0 Å². The molecule has 1 aromatic heterocycles. The van der Waals surface area contributed by atoms with Crippen LogP contribution in [0.25, 0.3) is 0 Å². The van der Waals surface area contributed by atoms with Crippen molar-refractivity contribution in [2.24, 2.45) is 0 Å². The smallest absolute Gasteiger partial charge is 0.334 e. The van der Waals surface area contributed by atoms with Crippen molar-refractivity contribution in [3.63, 3.8) is 0 Å². The first kappa shape index (κ1) is 10.2. The van der Waals surface area contributed by atoms with Gasteiger partial charge in [0.2, 0.25) is 0 Å². The Balaban J connectivity index is 2.93. The van der Waals surface area contributed by atoms with E-state index in [1.54, 1.807) is 0 Å². The quantitative estimate of drug-likeness (QED) is 0.521. The average Bonchev–Trinajstić information content (AvgIpc) is 2.09. The van der Waals surface area contributed by atoms with Crippen LogP contribution in [0.3, 0.4) is 0 Å². The fourth-order valence-corrected chi connectivity index (χ4v) is 0.852. The normalized spacial score (nSPS) is 12.4. The zero-order valence-electron chi connectivity index (χ0n) is 7.01. The lowest BCUT2D eigenvalue weighted by atomic mass is 10.3. The molecule has 0 fully saturated rings. The van der Waals surface area contributed by atoms with Gasteiger partial charge in [-0.15, -0.1) is 0 Å². The molecule has 0 aliphatic rings. The van der Waals surface area contributed by atoms with Crippen LogP contribution in [0.4, 0.5) is 0 Å². The Bertz CT molecular complexity index is 446. The molecule has 1 unspecified atom stereocenters. The number of carboxylic acids is 1. The standard InChI is InChI=1S/C7H8N2O5/c10-4(6(12)13)3-9-2-1-5(11)8-7(9)14/h1-2,4,10H,3H2,(H,12,13)(H,8,11,14). The third-order valence-corrected chi connectivity index (χ3v) is 1.55. The maximum Gasteiger partial charge on any atom is 0.334 e. The number of rotatable bonds is 3. The van der Waals surface area contributed by atoms with Crippen LogP contribution < -0.4 is 11.2 Å². The van der Waals surface area contributed by atoms with Gasteiger partial charge >= 0.3 is 11.7 Å². The molecule has 0 aromatic carbocycles. The number of H-pyrrole nitrogens is 1. The second-order valence-electron chi connectivity index (χ2n) is 2.62. The minimum absolute atomic E-state index is 0.398. The molecule has 7 nitrogen and oxygen atoms in total. The van der Waals surface area contributed by atoms with Crippen molar-refractivity contribution in [3.05, 3.63) is 33.1 Å². The molecule has 0 bridgehead atoms. The van der Waals surface area contributed by atoms with E-state index in [1.165, 1.54) is 0 Å². The van der Waals surface area contributed by atoms with Crippen LogP contribution in [0.1, 0.15) is 0 Å². The summed E-state index contributed by atoms with van der Waals surface area (Å²) in [6, 6.07) is 1.07. The molecule has 1 atom stereocenters. The van der Waals surface area contributed by atoms with E-state index in [1.807, 2.05) is 4.98 Å². The molecule has 1 aromatic rings. The topological polar surface area (TPSA) is 112 Å². The second-order valence-corrected chi connectivity index (χ2v) is 2.62. The van der Waals surface area contributed by atoms with E-state index in [2.05, 4.69) is 0 Å². The van der Waals surface area contributed by atoms with Gasteiger partial charge in [-0.25, -0.2) is 9.59 Å². The molecular formula is C7H8N2O5. The molecule has 0 radical (unpaired) electrons. The Morgan fingerprint density at radius 1 is 1.57 bits per heavy atom. The first-order chi connectivity index (χ1) is 6.50. The molecule has 0 aliphatic carbocycles. The molecule has 0 spiro atoms. The first-order valence-corrected chi connectivity index (χ1v) is 3.71. The summed E-state index contributed by atoms with van der Waals surface area (Å²) in [5.74, 6) is -1.43.